The molecule has 0 aliphatic rings. The van der Waals surface area contributed by atoms with Crippen molar-refractivity contribution in [3.05, 3.63) is 54.1 Å². The van der Waals surface area contributed by atoms with Crippen LogP contribution in [0.5, 0.6) is 5.75 Å². The van der Waals surface area contributed by atoms with Crippen LogP contribution < -0.4 is 11.1 Å². The summed E-state index contributed by atoms with van der Waals surface area (Å²) in [4.78, 5) is 15.9. The second kappa shape index (κ2) is 5.87. The number of anilines is 2. The molecule has 0 fully saturated rings. The number of nitrogens with one attached hydrogen (secondary N) is 1. The molecule has 3 aromatic rings. The van der Waals surface area contributed by atoms with Gasteiger partial charge >= 0.3 is 0 Å². The van der Waals surface area contributed by atoms with Crippen molar-refractivity contribution >= 4 is 44.4 Å². The molecule has 0 aliphatic carbocycles. The molecule has 22 heavy (non-hydrogen) atoms. The average Bonchev–Trinajstić information content (AvgIpc) is 2.87. The maximum Gasteiger partial charge on any atom is 0.248 e. The summed E-state index contributed by atoms with van der Waals surface area (Å²) in [6.45, 7) is 0. The van der Waals surface area contributed by atoms with Gasteiger partial charge in [-0.1, -0.05) is 29.5 Å². The fraction of sp³-hybridized carbons (Fsp3) is 0. The van der Waals surface area contributed by atoms with Gasteiger partial charge in [-0.05, 0) is 35.9 Å². The summed E-state index contributed by atoms with van der Waals surface area (Å²) in [5, 5.41) is 13.1. The van der Waals surface area contributed by atoms with Crippen molar-refractivity contribution in [2.75, 3.05) is 11.1 Å². The Kier molecular flexibility index (Phi) is 3.76. The van der Waals surface area contributed by atoms with Gasteiger partial charge in [-0.2, -0.15) is 0 Å². The molecule has 1 heterocycles. The number of aromatic hydroxyl groups is 1. The van der Waals surface area contributed by atoms with Crippen molar-refractivity contribution in [1.29, 1.82) is 0 Å². The van der Waals surface area contributed by atoms with Gasteiger partial charge in [0.05, 0.1) is 4.70 Å². The molecule has 5 nitrogen and oxygen atoms in total. The number of phenols is 1. The molecule has 1 aromatic heterocycles. The van der Waals surface area contributed by atoms with Crippen LogP contribution in [0.15, 0.2) is 48.5 Å². The van der Waals surface area contributed by atoms with E-state index in [9.17, 15) is 9.90 Å². The van der Waals surface area contributed by atoms with Crippen LogP contribution in [0.1, 0.15) is 5.56 Å². The molecule has 2 aromatic carbocycles. The van der Waals surface area contributed by atoms with Crippen molar-refractivity contribution in [2.24, 2.45) is 0 Å². The van der Waals surface area contributed by atoms with Crippen LogP contribution in [0.3, 0.4) is 0 Å². The third kappa shape index (κ3) is 3.07. The lowest BCUT2D eigenvalue weighted by Crippen LogP contribution is -2.07. The SMILES string of the molecule is Nc1nc2c(O)cc(/C=C/C(=O)Nc3ccccc3)cc2s1. The number of hydrogen-bond donors (Lipinski definition) is 3. The Balaban J connectivity index is 1.78. The molecule has 0 unspecified atom stereocenters. The van der Waals surface area contributed by atoms with Crippen molar-refractivity contribution in [1.82, 2.24) is 4.98 Å². The molecule has 0 radical (unpaired) electrons. The molecule has 3 rings (SSSR count). The summed E-state index contributed by atoms with van der Waals surface area (Å²) in [5.41, 5.74) is 7.54. The number of nitrogens with zero attached hydrogens (tertiary/aromatic N) is 1. The number of fused-ring (bicyclic) bond motifs is 1. The second-order valence-corrected chi connectivity index (χ2v) is 5.69. The smallest absolute Gasteiger partial charge is 0.248 e. The van der Waals surface area contributed by atoms with E-state index >= 15 is 0 Å². The Morgan fingerprint density at radius 2 is 2.05 bits per heavy atom. The molecule has 0 atom stereocenters. The normalized spacial score (nSPS) is 11.1. The van der Waals surface area contributed by atoms with Crippen molar-refractivity contribution in [3.63, 3.8) is 0 Å². The number of hydrogen-bond acceptors (Lipinski definition) is 5. The van der Waals surface area contributed by atoms with Gasteiger partial charge in [0, 0.05) is 11.8 Å². The van der Waals surface area contributed by atoms with Crippen molar-refractivity contribution in [3.8, 4) is 5.75 Å². The summed E-state index contributed by atoms with van der Waals surface area (Å²) in [6.07, 6.45) is 3.05. The van der Waals surface area contributed by atoms with E-state index in [4.69, 9.17) is 5.73 Å². The zero-order chi connectivity index (χ0) is 15.5. The first kappa shape index (κ1) is 14.1. The van der Waals surface area contributed by atoms with Crippen LogP contribution in [0, 0.1) is 0 Å². The number of carbonyl (C=O) groups excluding carboxylic acids is 1. The number of carbonyl (C=O) groups is 1. The number of para-hydroxylation sites is 1. The molecular formula is C16H13N3O2S. The van der Waals surface area contributed by atoms with Crippen LogP contribution >= 0.6 is 11.3 Å². The number of benzene rings is 2. The van der Waals surface area contributed by atoms with Gasteiger partial charge in [0.15, 0.2) is 5.13 Å². The Hall–Kier alpha value is -2.86. The minimum Gasteiger partial charge on any atom is -0.506 e. The zero-order valence-electron chi connectivity index (χ0n) is 11.5. The van der Waals surface area contributed by atoms with Crippen LogP contribution in [0.25, 0.3) is 16.3 Å². The standard InChI is InChI=1S/C16H13N3O2S/c17-16-19-15-12(20)8-10(9-13(15)22-16)6-7-14(21)18-11-4-2-1-3-5-11/h1-9,20H,(H2,17,19)(H,18,21)/b7-6+. The Morgan fingerprint density at radius 3 is 2.82 bits per heavy atom. The van der Waals surface area contributed by atoms with E-state index in [0.29, 0.717) is 16.2 Å². The van der Waals surface area contributed by atoms with Gasteiger partial charge in [0.2, 0.25) is 5.91 Å². The molecule has 110 valence electrons. The number of phenolic OH excluding ortho intramolecular Hbond substituents is 1. The first-order valence-electron chi connectivity index (χ1n) is 6.55. The largest absolute Gasteiger partial charge is 0.506 e. The summed E-state index contributed by atoms with van der Waals surface area (Å²) in [5.74, 6) is -0.192. The Labute approximate surface area is 130 Å². The topological polar surface area (TPSA) is 88.2 Å². The van der Waals surface area contributed by atoms with Gasteiger partial charge in [0.1, 0.15) is 11.3 Å². The minimum absolute atomic E-state index is 0.0496. The maximum atomic E-state index is 11.8. The molecule has 0 aliphatic heterocycles. The molecule has 0 saturated carbocycles. The minimum atomic E-state index is -0.241. The average molecular weight is 311 g/mol. The monoisotopic (exact) mass is 311 g/mol. The third-order valence-corrected chi connectivity index (χ3v) is 3.81. The highest BCUT2D eigenvalue weighted by Crippen LogP contribution is 2.32. The quantitative estimate of drug-likeness (QED) is 0.648. The van der Waals surface area contributed by atoms with Gasteiger partial charge in [-0.3, -0.25) is 4.79 Å². The highest BCUT2D eigenvalue weighted by molar-refractivity contribution is 7.22. The van der Waals surface area contributed by atoms with Gasteiger partial charge < -0.3 is 16.2 Å². The first-order chi connectivity index (χ1) is 10.6. The van der Waals surface area contributed by atoms with Crippen LogP contribution in [0.4, 0.5) is 10.8 Å². The summed E-state index contributed by atoms with van der Waals surface area (Å²) in [6, 6.07) is 12.6. The second-order valence-electron chi connectivity index (χ2n) is 4.63. The highest BCUT2D eigenvalue weighted by atomic mass is 32.1. The molecule has 0 spiro atoms. The van der Waals surface area contributed by atoms with Gasteiger partial charge in [-0.15, -0.1) is 0 Å². The molecule has 4 N–H and O–H groups in total. The zero-order valence-corrected chi connectivity index (χ0v) is 12.3. The van der Waals surface area contributed by atoms with Gasteiger partial charge in [0.25, 0.3) is 0 Å². The molecular weight excluding hydrogens is 298 g/mol. The Bertz CT molecular complexity index is 856. The fourth-order valence-electron chi connectivity index (χ4n) is 2.02. The molecule has 6 heteroatoms. The van der Waals surface area contributed by atoms with E-state index in [2.05, 4.69) is 10.3 Å². The lowest BCUT2D eigenvalue weighted by molar-refractivity contribution is -0.111. The lowest BCUT2D eigenvalue weighted by Gasteiger charge is -2.01. The summed E-state index contributed by atoms with van der Waals surface area (Å²) < 4.78 is 0.778. The predicted octanol–water partition coefficient (Wildman–Crippen LogP) is 3.24. The third-order valence-electron chi connectivity index (χ3n) is 2.98. The Morgan fingerprint density at radius 1 is 1.27 bits per heavy atom. The van der Waals surface area contributed by atoms with Crippen LogP contribution in [-0.4, -0.2) is 16.0 Å². The first-order valence-corrected chi connectivity index (χ1v) is 7.36. The highest BCUT2D eigenvalue weighted by Gasteiger charge is 2.07. The van der Waals surface area contributed by atoms with Crippen LogP contribution in [-0.2, 0) is 4.79 Å². The number of nitrogens with two attached hydrogens (primary N) is 1. The summed E-state index contributed by atoms with van der Waals surface area (Å²) in [7, 11) is 0. The van der Waals surface area contributed by atoms with E-state index in [-0.39, 0.29) is 11.7 Å². The maximum absolute atomic E-state index is 11.8. The summed E-state index contributed by atoms with van der Waals surface area (Å²) >= 11 is 1.29. The van der Waals surface area contributed by atoms with Crippen LogP contribution in [0.2, 0.25) is 0 Å². The van der Waals surface area contributed by atoms with Crippen molar-refractivity contribution < 1.29 is 9.90 Å². The van der Waals surface area contributed by atoms with E-state index < -0.39 is 0 Å². The number of rotatable bonds is 3. The van der Waals surface area contributed by atoms with E-state index in [0.717, 1.165) is 10.4 Å². The molecule has 0 saturated heterocycles. The molecule has 0 bridgehead atoms. The van der Waals surface area contributed by atoms with E-state index in [1.54, 1.807) is 12.1 Å². The lowest BCUT2D eigenvalue weighted by atomic mass is 10.2. The van der Waals surface area contributed by atoms with E-state index in [1.807, 2.05) is 36.4 Å². The predicted molar refractivity (Wildman–Crippen MR) is 89.8 cm³/mol. The number of aromatic nitrogens is 1. The fourth-order valence-corrected chi connectivity index (χ4v) is 2.83. The molecule has 1 amide bonds. The number of thiazole rings is 1. The number of amides is 1. The number of nitrogen functional groups attached to an aromatic ring is 1. The van der Waals surface area contributed by atoms with Crippen molar-refractivity contribution in [2.45, 2.75) is 0 Å². The van der Waals surface area contributed by atoms with Gasteiger partial charge in [-0.25, -0.2) is 4.98 Å². The van der Waals surface area contributed by atoms with E-state index in [1.165, 1.54) is 17.4 Å².